The predicted octanol–water partition coefficient (Wildman–Crippen LogP) is 4.75. The quantitative estimate of drug-likeness (QED) is 0.572. The minimum Gasteiger partial charge on any atom is -0.324 e. The van der Waals surface area contributed by atoms with Gasteiger partial charge in [0.1, 0.15) is 0 Å². The number of nitrogens with zero attached hydrogens (tertiary/aromatic N) is 2. The third-order valence-electron chi connectivity index (χ3n) is 4.65. The van der Waals surface area contributed by atoms with Crippen LogP contribution in [0.25, 0.3) is 0 Å². The van der Waals surface area contributed by atoms with Crippen LogP contribution in [-0.4, -0.2) is 28.8 Å². The van der Waals surface area contributed by atoms with Crippen molar-refractivity contribution in [2.24, 2.45) is 5.92 Å². The average Bonchev–Trinajstić information content (AvgIpc) is 2.65. The second-order valence-electron chi connectivity index (χ2n) is 6.58. The number of nitrogens with one attached hydrogen (secondary N) is 1. The van der Waals surface area contributed by atoms with Crippen molar-refractivity contribution in [1.29, 1.82) is 0 Å². The number of non-ortho nitro benzene ring substituents is 1. The summed E-state index contributed by atoms with van der Waals surface area (Å²) in [5, 5.41) is 14.7. The van der Waals surface area contributed by atoms with Gasteiger partial charge in [0, 0.05) is 30.2 Å². The zero-order chi connectivity index (χ0) is 19.4. The highest BCUT2D eigenvalue weighted by molar-refractivity contribution is 6.33. The van der Waals surface area contributed by atoms with Gasteiger partial charge in [-0.05, 0) is 37.1 Å². The Bertz CT molecular complexity index is 860. The first-order valence-electron chi connectivity index (χ1n) is 8.64. The minimum atomic E-state index is -0.516. The van der Waals surface area contributed by atoms with Crippen LogP contribution in [0, 0.1) is 16.0 Å². The molecule has 2 aromatic carbocycles. The van der Waals surface area contributed by atoms with Crippen molar-refractivity contribution in [1.82, 2.24) is 4.90 Å². The monoisotopic (exact) mass is 407 g/mol. The molecule has 3 rings (SSSR count). The highest BCUT2D eigenvalue weighted by atomic mass is 35.5. The maximum absolute atomic E-state index is 12.7. The number of carbonyl (C=O) groups excluding carboxylic acids is 1. The first-order chi connectivity index (χ1) is 12.9. The fourth-order valence-corrected chi connectivity index (χ4v) is 3.60. The normalized spacial score (nSPS) is 17.5. The summed E-state index contributed by atoms with van der Waals surface area (Å²) in [5.74, 6) is -0.391. The molecule has 1 heterocycles. The lowest BCUT2D eigenvalue weighted by molar-refractivity contribution is -0.384. The topological polar surface area (TPSA) is 75.5 Å². The molecule has 1 fully saturated rings. The summed E-state index contributed by atoms with van der Waals surface area (Å²) in [6.07, 6.45) is 1.66. The SMILES string of the molecule is O=C(Nc1cc([N+](=O)[O-])ccc1Cl)[C@@H]1CCCN(Cc2ccccc2Cl)C1. The van der Waals surface area contributed by atoms with E-state index in [0.29, 0.717) is 18.1 Å². The van der Waals surface area contributed by atoms with E-state index in [4.69, 9.17) is 23.2 Å². The number of amides is 1. The van der Waals surface area contributed by atoms with E-state index in [2.05, 4.69) is 10.2 Å². The van der Waals surface area contributed by atoms with Crippen molar-refractivity contribution in [2.75, 3.05) is 18.4 Å². The molecule has 0 spiro atoms. The molecule has 1 N–H and O–H groups in total. The van der Waals surface area contributed by atoms with Crippen molar-refractivity contribution in [2.45, 2.75) is 19.4 Å². The molecule has 6 nitrogen and oxygen atoms in total. The summed E-state index contributed by atoms with van der Waals surface area (Å²) in [4.78, 5) is 25.3. The van der Waals surface area contributed by atoms with Gasteiger partial charge in [-0.25, -0.2) is 0 Å². The zero-order valence-corrected chi connectivity index (χ0v) is 16.0. The van der Waals surface area contributed by atoms with Crippen LogP contribution in [0.15, 0.2) is 42.5 Å². The maximum Gasteiger partial charge on any atom is 0.271 e. The smallest absolute Gasteiger partial charge is 0.271 e. The van der Waals surface area contributed by atoms with Gasteiger partial charge in [0.15, 0.2) is 0 Å². The molecule has 0 unspecified atom stereocenters. The van der Waals surface area contributed by atoms with Crippen molar-refractivity contribution >= 4 is 40.5 Å². The number of likely N-dealkylation sites (tertiary alicyclic amines) is 1. The van der Waals surface area contributed by atoms with Crippen LogP contribution in [0.3, 0.4) is 0 Å². The number of nitro groups is 1. The molecule has 142 valence electrons. The van der Waals surface area contributed by atoms with Crippen LogP contribution in [-0.2, 0) is 11.3 Å². The van der Waals surface area contributed by atoms with Gasteiger partial charge < -0.3 is 5.32 Å². The second kappa shape index (κ2) is 8.69. The van der Waals surface area contributed by atoms with Crippen LogP contribution in [0.2, 0.25) is 10.0 Å². The summed E-state index contributed by atoms with van der Waals surface area (Å²) < 4.78 is 0. The Hall–Kier alpha value is -2.15. The van der Waals surface area contributed by atoms with Crippen LogP contribution >= 0.6 is 23.2 Å². The Morgan fingerprint density at radius 2 is 2.00 bits per heavy atom. The van der Waals surface area contributed by atoms with E-state index in [1.807, 2.05) is 24.3 Å². The highest BCUT2D eigenvalue weighted by Gasteiger charge is 2.27. The Balaban J connectivity index is 1.66. The molecule has 0 aliphatic carbocycles. The maximum atomic E-state index is 12.7. The van der Waals surface area contributed by atoms with Crippen LogP contribution in [0.5, 0.6) is 0 Å². The fourth-order valence-electron chi connectivity index (χ4n) is 3.24. The average molecular weight is 408 g/mol. The fraction of sp³-hybridized carbons (Fsp3) is 0.316. The number of rotatable bonds is 5. The summed E-state index contributed by atoms with van der Waals surface area (Å²) in [6, 6.07) is 11.7. The molecular weight excluding hydrogens is 389 g/mol. The highest BCUT2D eigenvalue weighted by Crippen LogP contribution is 2.28. The third-order valence-corrected chi connectivity index (χ3v) is 5.35. The number of halogens is 2. The van der Waals surface area contributed by atoms with E-state index < -0.39 is 4.92 Å². The lowest BCUT2D eigenvalue weighted by Crippen LogP contribution is -2.40. The molecule has 1 saturated heterocycles. The Kier molecular flexibility index (Phi) is 6.31. The van der Waals surface area contributed by atoms with Gasteiger partial charge in [0.2, 0.25) is 5.91 Å². The molecular formula is C19H19Cl2N3O3. The van der Waals surface area contributed by atoms with E-state index in [0.717, 1.165) is 24.9 Å². The van der Waals surface area contributed by atoms with E-state index in [1.54, 1.807) is 0 Å². The Morgan fingerprint density at radius 1 is 1.22 bits per heavy atom. The summed E-state index contributed by atoms with van der Waals surface area (Å²) in [5.41, 5.74) is 1.18. The van der Waals surface area contributed by atoms with Crippen LogP contribution in [0.1, 0.15) is 18.4 Å². The van der Waals surface area contributed by atoms with Gasteiger partial charge in [-0.3, -0.25) is 19.8 Å². The lowest BCUT2D eigenvalue weighted by Gasteiger charge is -2.32. The Morgan fingerprint density at radius 3 is 2.74 bits per heavy atom. The molecule has 0 bridgehead atoms. The van der Waals surface area contributed by atoms with Crippen LogP contribution < -0.4 is 5.32 Å². The standard InChI is InChI=1S/C19H19Cl2N3O3/c20-16-6-2-1-4-13(16)11-23-9-3-5-14(12-23)19(25)22-18-10-15(24(26)27)7-8-17(18)21/h1-2,4,6-8,10,14H,3,5,9,11-12H2,(H,22,25)/t14-/m1/s1. The molecule has 2 aromatic rings. The molecule has 1 atom stereocenters. The van der Waals surface area contributed by atoms with E-state index in [1.165, 1.54) is 18.2 Å². The number of anilines is 1. The van der Waals surface area contributed by atoms with Gasteiger partial charge in [-0.15, -0.1) is 0 Å². The number of hydrogen-bond acceptors (Lipinski definition) is 4. The second-order valence-corrected chi connectivity index (χ2v) is 7.39. The number of carbonyl (C=O) groups is 1. The van der Waals surface area contributed by atoms with Gasteiger partial charge >= 0.3 is 0 Å². The summed E-state index contributed by atoms with van der Waals surface area (Å²) >= 11 is 12.3. The molecule has 0 aromatic heterocycles. The number of nitro benzene ring substituents is 1. The first kappa shape index (κ1) is 19.6. The molecule has 0 radical (unpaired) electrons. The Labute approximate surface area is 167 Å². The molecule has 0 saturated carbocycles. The molecule has 1 amide bonds. The zero-order valence-electron chi connectivity index (χ0n) is 14.5. The molecule has 1 aliphatic heterocycles. The van der Waals surface area contributed by atoms with E-state index >= 15 is 0 Å². The van der Waals surface area contributed by atoms with Crippen LogP contribution in [0.4, 0.5) is 11.4 Å². The first-order valence-corrected chi connectivity index (χ1v) is 9.40. The third kappa shape index (κ3) is 4.97. The van der Waals surface area contributed by atoms with Crippen molar-refractivity contribution in [3.8, 4) is 0 Å². The number of benzene rings is 2. The molecule has 27 heavy (non-hydrogen) atoms. The van der Waals surface area contributed by atoms with E-state index in [-0.39, 0.29) is 28.2 Å². The summed E-state index contributed by atoms with van der Waals surface area (Å²) in [6.45, 7) is 2.18. The predicted molar refractivity (Wildman–Crippen MR) is 106 cm³/mol. The van der Waals surface area contributed by atoms with Gasteiger partial charge in [-0.1, -0.05) is 41.4 Å². The van der Waals surface area contributed by atoms with Crippen molar-refractivity contribution in [3.63, 3.8) is 0 Å². The van der Waals surface area contributed by atoms with E-state index in [9.17, 15) is 14.9 Å². The van der Waals surface area contributed by atoms with Gasteiger partial charge in [0.05, 0.1) is 21.6 Å². The minimum absolute atomic E-state index is 0.112. The number of hydrogen-bond donors (Lipinski definition) is 1. The molecule has 8 heteroatoms. The molecule has 1 aliphatic rings. The van der Waals surface area contributed by atoms with Gasteiger partial charge in [0.25, 0.3) is 5.69 Å². The summed E-state index contributed by atoms with van der Waals surface area (Å²) in [7, 11) is 0. The number of piperidine rings is 1. The van der Waals surface area contributed by atoms with Crippen molar-refractivity contribution in [3.05, 3.63) is 68.2 Å². The van der Waals surface area contributed by atoms with Gasteiger partial charge in [-0.2, -0.15) is 0 Å². The van der Waals surface area contributed by atoms with Crippen molar-refractivity contribution < 1.29 is 9.72 Å². The lowest BCUT2D eigenvalue weighted by atomic mass is 9.96. The largest absolute Gasteiger partial charge is 0.324 e.